The predicted octanol–water partition coefficient (Wildman–Crippen LogP) is 3.83. The fraction of sp³-hybridized carbons (Fsp3) is 0.227. The maximum Gasteiger partial charge on any atom is 0.264 e. The zero-order chi connectivity index (χ0) is 21.8. The molecule has 2 amide bonds. The van der Waals surface area contributed by atoms with Crippen LogP contribution in [-0.4, -0.2) is 31.2 Å². The molecule has 0 aliphatic carbocycles. The molecule has 3 rings (SSSR count). The van der Waals surface area contributed by atoms with Crippen molar-refractivity contribution in [2.75, 3.05) is 19.1 Å². The van der Waals surface area contributed by atoms with Crippen molar-refractivity contribution >= 4 is 40.9 Å². The molecule has 8 heteroatoms. The molecule has 1 heterocycles. The van der Waals surface area contributed by atoms with Crippen LogP contribution in [0, 0.1) is 18.3 Å². The summed E-state index contributed by atoms with van der Waals surface area (Å²) in [6.45, 7) is 1.91. The lowest BCUT2D eigenvalue weighted by Crippen LogP contribution is -2.31. The molecule has 1 atom stereocenters. The molecule has 30 heavy (non-hydrogen) atoms. The number of nitrogens with one attached hydrogen (secondary N) is 1. The second-order valence-corrected chi connectivity index (χ2v) is 8.24. The first-order valence-corrected chi connectivity index (χ1v) is 10.4. The van der Waals surface area contributed by atoms with E-state index in [2.05, 4.69) is 5.32 Å². The van der Waals surface area contributed by atoms with E-state index in [-0.39, 0.29) is 11.5 Å². The van der Waals surface area contributed by atoms with Crippen LogP contribution >= 0.6 is 23.4 Å². The molecule has 0 aromatic heterocycles. The van der Waals surface area contributed by atoms with Gasteiger partial charge in [0.15, 0.2) is 0 Å². The highest BCUT2D eigenvalue weighted by molar-refractivity contribution is 8.05. The van der Waals surface area contributed by atoms with Crippen LogP contribution in [0.2, 0.25) is 5.02 Å². The number of carbonyl (C=O) groups is 2. The molecule has 154 valence electrons. The van der Waals surface area contributed by atoms with E-state index in [1.165, 1.54) is 30.8 Å². The number of nitriles is 1. The zero-order valence-electron chi connectivity index (χ0n) is 16.7. The lowest BCUT2D eigenvalue weighted by Gasteiger charge is -2.19. The summed E-state index contributed by atoms with van der Waals surface area (Å²) in [4.78, 5) is 27.1. The fourth-order valence-corrected chi connectivity index (χ4v) is 4.59. The summed E-state index contributed by atoms with van der Waals surface area (Å²) in [5, 5.41) is 12.5. The number of hydrogen-bond acceptors (Lipinski definition) is 5. The van der Waals surface area contributed by atoms with Crippen LogP contribution in [0.4, 0.5) is 5.69 Å². The van der Waals surface area contributed by atoms with Gasteiger partial charge in [-0.15, -0.1) is 0 Å². The second kappa shape index (κ2) is 9.24. The Kier molecular flexibility index (Phi) is 6.70. The SMILES string of the molecule is CNC(=O)/C(C#N)=C1\S[C@H](Cc2ccc(C)c(Cl)c2)C(=O)N1c1cccc(OC)c1. The van der Waals surface area contributed by atoms with Crippen molar-refractivity contribution in [3.05, 3.63) is 69.2 Å². The van der Waals surface area contributed by atoms with Crippen molar-refractivity contribution in [2.45, 2.75) is 18.6 Å². The topological polar surface area (TPSA) is 82.4 Å². The third kappa shape index (κ3) is 4.30. The Morgan fingerprint density at radius 3 is 2.73 bits per heavy atom. The number of likely N-dealkylation sites (N-methyl/N-ethyl adjacent to an activating group) is 1. The maximum absolute atomic E-state index is 13.4. The van der Waals surface area contributed by atoms with E-state index in [4.69, 9.17) is 16.3 Å². The largest absolute Gasteiger partial charge is 0.497 e. The van der Waals surface area contributed by atoms with Crippen molar-refractivity contribution < 1.29 is 14.3 Å². The molecule has 2 aromatic rings. The third-order valence-electron chi connectivity index (χ3n) is 4.70. The average Bonchev–Trinajstić information content (AvgIpc) is 3.06. The molecule has 0 bridgehead atoms. The van der Waals surface area contributed by atoms with Crippen molar-refractivity contribution in [1.82, 2.24) is 5.32 Å². The summed E-state index contributed by atoms with van der Waals surface area (Å²) in [5.41, 5.74) is 2.28. The van der Waals surface area contributed by atoms with Crippen molar-refractivity contribution in [1.29, 1.82) is 5.26 Å². The van der Waals surface area contributed by atoms with Crippen molar-refractivity contribution in [2.24, 2.45) is 0 Å². The van der Waals surface area contributed by atoms with Crippen molar-refractivity contribution in [3.8, 4) is 11.8 Å². The summed E-state index contributed by atoms with van der Waals surface area (Å²) < 4.78 is 5.27. The monoisotopic (exact) mass is 441 g/mol. The Balaban J connectivity index is 2.05. The van der Waals surface area contributed by atoms with Crippen LogP contribution in [0.1, 0.15) is 11.1 Å². The predicted molar refractivity (Wildman–Crippen MR) is 118 cm³/mol. The van der Waals surface area contributed by atoms with E-state index >= 15 is 0 Å². The Labute approximate surface area is 184 Å². The standard InChI is InChI=1S/C22H20ClN3O3S/c1-13-7-8-14(9-18(13)23)10-19-21(28)26(15-5-4-6-16(11-15)29-3)22(30-19)17(12-24)20(27)25-2/h4-9,11,19H,10H2,1-3H3,(H,25,27)/b22-17-/t19-/m1/s1. The van der Waals surface area contributed by atoms with Gasteiger partial charge in [-0.2, -0.15) is 5.26 Å². The van der Waals surface area contributed by atoms with E-state index in [1.807, 2.05) is 31.2 Å². The number of thioether (sulfide) groups is 1. The quantitative estimate of drug-likeness (QED) is 0.563. The molecular formula is C22H20ClN3O3S. The van der Waals surface area contributed by atoms with E-state index in [0.29, 0.717) is 27.9 Å². The van der Waals surface area contributed by atoms with Gasteiger partial charge in [0, 0.05) is 18.1 Å². The summed E-state index contributed by atoms with van der Waals surface area (Å²) in [6.07, 6.45) is 0.417. The normalized spacial score (nSPS) is 17.5. The number of benzene rings is 2. The molecule has 1 fully saturated rings. The highest BCUT2D eigenvalue weighted by Gasteiger charge is 2.40. The first-order chi connectivity index (χ1) is 14.4. The molecule has 0 unspecified atom stereocenters. The lowest BCUT2D eigenvalue weighted by molar-refractivity contribution is -0.117. The highest BCUT2D eigenvalue weighted by Crippen LogP contribution is 2.42. The first kappa shape index (κ1) is 21.8. The molecular weight excluding hydrogens is 422 g/mol. The van der Waals surface area contributed by atoms with Gasteiger partial charge in [0.25, 0.3) is 5.91 Å². The summed E-state index contributed by atoms with van der Waals surface area (Å²) in [5.74, 6) is -0.187. The van der Waals surface area contributed by atoms with E-state index < -0.39 is 11.2 Å². The highest BCUT2D eigenvalue weighted by atomic mass is 35.5. The number of nitrogens with zero attached hydrogens (tertiary/aromatic N) is 2. The summed E-state index contributed by atoms with van der Waals surface area (Å²) >= 11 is 7.44. The molecule has 0 spiro atoms. The summed E-state index contributed by atoms with van der Waals surface area (Å²) in [7, 11) is 2.98. The number of amides is 2. The lowest BCUT2D eigenvalue weighted by atomic mass is 10.1. The van der Waals surface area contributed by atoms with Crippen LogP contribution in [-0.2, 0) is 16.0 Å². The molecule has 1 saturated heterocycles. The van der Waals surface area contributed by atoms with Gasteiger partial charge in [0.2, 0.25) is 5.91 Å². The summed E-state index contributed by atoms with van der Waals surface area (Å²) in [6, 6.07) is 14.6. The Bertz CT molecular complexity index is 1080. The number of halogens is 1. The minimum absolute atomic E-state index is 0.108. The Morgan fingerprint density at radius 2 is 2.10 bits per heavy atom. The van der Waals surface area contributed by atoms with Crippen LogP contribution in [0.3, 0.4) is 0 Å². The van der Waals surface area contributed by atoms with Crippen molar-refractivity contribution in [3.63, 3.8) is 0 Å². The molecule has 1 aliphatic heterocycles. The van der Waals surface area contributed by atoms with Crippen LogP contribution in [0.25, 0.3) is 0 Å². The Morgan fingerprint density at radius 1 is 1.33 bits per heavy atom. The number of hydrogen-bond donors (Lipinski definition) is 1. The minimum Gasteiger partial charge on any atom is -0.497 e. The van der Waals surface area contributed by atoms with Gasteiger partial charge in [-0.25, -0.2) is 0 Å². The number of methoxy groups -OCH3 is 1. The molecule has 0 radical (unpaired) electrons. The van der Waals surface area contributed by atoms with Gasteiger partial charge in [0.05, 0.1) is 18.0 Å². The molecule has 1 aliphatic rings. The van der Waals surface area contributed by atoms with Gasteiger partial charge in [-0.3, -0.25) is 14.5 Å². The van der Waals surface area contributed by atoms with Gasteiger partial charge < -0.3 is 10.1 Å². The van der Waals surface area contributed by atoms with Gasteiger partial charge in [0.1, 0.15) is 22.4 Å². The first-order valence-electron chi connectivity index (χ1n) is 9.15. The van der Waals surface area contributed by atoms with Gasteiger partial charge >= 0.3 is 0 Å². The number of aryl methyl sites for hydroxylation is 1. The maximum atomic E-state index is 13.4. The number of rotatable bonds is 5. The minimum atomic E-state index is -0.542. The second-order valence-electron chi connectivity index (χ2n) is 6.64. The molecule has 2 aromatic carbocycles. The van der Waals surface area contributed by atoms with Crippen LogP contribution < -0.4 is 15.0 Å². The van der Waals surface area contributed by atoms with E-state index in [1.54, 1.807) is 24.3 Å². The van der Waals surface area contributed by atoms with Crippen LogP contribution in [0.15, 0.2) is 53.1 Å². The van der Waals surface area contributed by atoms with Gasteiger partial charge in [-0.1, -0.05) is 41.6 Å². The van der Waals surface area contributed by atoms with E-state index in [9.17, 15) is 14.9 Å². The average molecular weight is 442 g/mol. The smallest absolute Gasteiger partial charge is 0.264 e. The fourth-order valence-electron chi connectivity index (χ4n) is 3.07. The number of carbonyl (C=O) groups excluding carboxylic acids is 2. The Hall–Kier alpha value is -2.95. The van der Waals surface area contributed by atoms with Crippen LogP contribution in [0.5, 0.6) is 5.75 Å². The van der Waals surface area contributed by atoms with Gasteiger partial charge in [-0.05, 0) is 42.7 Å². The number of anilines is 1. The molecule has 0 saturated carbocycles. The van der Waals surface area contributed by atoms with E-state index in [0.717, 1.165) is 11.1 Å². The number of ether oxygens (including phenoxy) is 1. The molecule has 1 N–H and O–H groups in total. The molecule has 6 nitrogen and oxygen atoms in total. The third-order valence-corrected chi connectivity index (χ3v) is 6.37. The zero-order valence-corrected chi connectivity index (χ0v) is 18.3.